The van der Waals surface area contributed by atoms with Gasteiger partial charge in [-0.15, -0.1) is 0 Å². The molecule has 0 spiro atoms. The predicted octanol–water partition coefficient (Wildman–Crippen LogP) is 3.63. The summed E-state index contributed by atoms with van der Waals surface area (Å²) in [5, 5.41) is 9.00. The van der Waals surface area contributed by atoms with Gasteiger partial charge in [-0.1, -0.05) is 6.92 Å². The van der Waals surface area contributed by atoms with E-state index in [-0.39, 0.29) is 0 Å². The Kier molecular flexibility index (Phi) is 4.63. The van der Waals surface area contributed by atoms with Crippen LogP contribution in [0.15, 0.2) is 41.3 Å². The number of H-pyrrole nitrogens is 1. The lowest BCUT2D eigenvalue weighted by Gasteiger charge is -2.08. The Morgan fingerprint density at radius 3 is 2.83 bits per heavy atom. The first kappa shape index (κ1) is 16.2. The lowest BCUT2D eigenvalue weighted by Crippen LogP contribution is -1.98. The van der Waals surface area contributed by atoms with Crippen molar-refractivity contribution in [2.75, 3.05) is 12.9 Å². The number of ether oxygens (including phenoxy) is 1. The van der Waals surface area contributed by atoms with E-state index in [0.717, 1.165) is 27.9 Å². The van der Waals surface area contributed by atoms with Gasteiger partial charge < -0.3 is 9.72 Å². The van der Waals surface area contributed by atoms with Gasteiger partial charge in [-0.25, -0.2) is 4.98 Å². The van der Waals surface area contributed by atoms with Gasteiger partial charge in [0.05, 0.1) is 46.1 Å². The molecular formula is C18H17N3O2S. The molecule has 2 aromatic carbocycles. The van der Waals surface area contributed by atoms with Crippen LogP contribution in [0.3, 0.4) is 0 Å². The first-order valence-electron chi connectivity index (χ1n) is 7.63. The SMILES string of the molecule is CCCS(=O)c1ccc(-c2nc3ccc(C#N)cc3[nH]2)c(OC)c1. The topological polar surface area (TPSA) is 78.8 Å². The summed E-state index contributed by atoms with van der Waals surface area (Å²) in [4.78, 5) is 8.52. The molecule has 5 nitrogen and oxygen atoms in total. The third kappa shape index (κ3) is 3.03. The van der Waals surface area contributed by atoms with Crippen molar-refractivity contribution in [2.45, 2.75) is 18.2 Å². The number of methoxy groups -OCH3 is 1. The number of hydrogen-bond acceptors (Lipinski definition) is 4. The maximum Gasteiger partial charge on any atom is 0.142 e. The lowest BCUT2D eigenvalue weighted by atomic mass is 10.2. The maximum absolute atomic E-state index is 12.2. The number of rotatable bonds is 5. The highest BCUT2D eigenvalue weighted by molar-refractivity contribution is 7.85. The van der Waals surface area contributed by atoms with E-state index in [1.165, 1.54) is 0 Å². The Hall–Kier alpha value is -2.65. The van der Waals surface area contributed by atoms with Gasteiger partial charge in [0.25, 0.3) is 0 Å². The van der Waals surface area contributed by atoms with Crippen LogP contribution in [0.5, 0.6) is 5.75 Å². The molecule has 3 aromatic rings. The molecule has 0 fully saturated rings. The summed E-state index contributed by atoms with van der Waals surface area (Å²) in [5.74, 6) is 1.91. The fourth-order valence-corrected chi connectivity index (χ4v) is 3.58. The van der Waals surface area contributed by atoms with Gasteiger partial charge in [0, 0.05) is 10.6 Å². The molecule has 3 rings (SSSR count). The smallest absolute Gasteiger partial charge is 0.142 e. The van der Waals surface area contributed by atoms with Gasteiger partial charge in [0.1, 0.15) is 11.6 Å². The minimum absolute atomic E-state index is 0.579. The minimum Gasteiger partial charge on any atom is -0.496 e. The fourth-order valence-electron chi connectivity index (χ4n) is 2.52. The molecule has 1 unspecified atom stereocenters. The van der Waals surface area contributed by atoms with E-state index in [2.05, 4.69) is 16.0 Å². The Bertz CT molecular complexity index is 957. The number of benzene rings is 2. The van der Waals surface area contributed by atoms with Crippen LogP contribution in [0.4, 0.5) is 0 Å². The molecule has 24 heavy (non-hydrogen) atoms. The van der Waals surface area contributed by atoms with E-state index in [0.29, 0.717) is 22.9 Å². The highest BCUT2D eigenvalue weighted by Gasteiger charge is 2.13. The molecule has 1 heterocycles. The molecule has 0 aliphatic rings. The zero-order valence-electron chi connectivity index (χ0n) is 13.5. The van der Waals surface area contributed by atoms with Crippen molar-refractivity contribution in [3.63, 3.8) is 0 Å². The molecule has 0 bridgehead atoms. The first-order valence-corrected chi connectivity index (χ1v) is 8.94. The van der Waals surface area contributed by atoms with Crippen LogP contribution in [-0.4, -0.2) is 27.0 Å². The number of fused-ring (bicyclic) bond motifs is 1. The summed E-state index contributed by atoms with van der Waals surface area (Å²) >= 11 is 0. The van der Waals surface area contributed by atoms with Crippen LogP contribution >= 0.6 is 0 Å². The number of hydrogen-bond donors (Lipinski definition) is 1. The molecule has 1 N–H and O–H groups in total. The zero-order chi connectivity index (χ0) is 17.1. The summed E-state index contributed by atoms with van der Waals surface area (Å²) in [6, 6.07) is 12.9. The van der Waals surface area contributed by atoms with E-state index < -0.39 is 10.8 Å². The monoisotopic (exact) mass is 339 g/mol. The van der Waals surface area contributed by atoms with Crippen molar-refractivity contribution < 1.29 is 8.95 Å². The van der Waals surface area contributed by atoms with Crippen LogP contribution < -0.4 is 4.74 Å². The normalized spacial score (nSPS) is 12.0. The second kappa shape index (κ2) is 6.85. The lowest BCUT2D eigenvalue weighted by molar-refractivity contribution is 0.415. The van der Waals surface area contributed by atoms with Crippen LogP contribution in [0.1, 0.15) is 18.9 Å². The van der Waals surface area contributed by atoms with Gasteiger partial charge in [0.15, 0.2) is 0 Å². The molecule has 0 radical (unpaired) electrons. The molecular weight excluding hydrogens is 322 g/mol. The third-order valence-corrected chi connectivity index (χ3v) is 5.25. The van der Waals surface area contributed by atoms with Gasteiger partial charge in [0.2, 0.25) is 0 Å². The van der Waals surface area contributed by atoms with Gasteiger partial charge in [-0.2, -0.15) is 5.26 Å². The number of nitrogens with zero attached hydrogens (tertiary/aromatic N) is 2. The van der Waals surface area contributed by atoms with Crippen molar-refractivity contribution >= 4 is 21.8 Å². The largest absolute Gasteiger partial charge is 0.496 e. The van der Waals surface area contributed by atoms with Crippen LogP contribution in [-0.2, 0) is 10.8 Å². The molecule has 0 saturated carbocycles. The van der Waals surface area contributed by atoms with Crippen LogP contribution in [0, 0.1) is 11.3 Å². The van der Waals surface area contributed by atoms with Crippen molar-refractivity contribution in [1.82, 2.24) is 9.97 Å². The fraction of sp³-hybridized carbons (Fsp3) is 0.222. The first-order chi connectivity index (χ1) is 11.7. The van der Waals surface area contributed by atoms with E-state index in [1.54, 1.807) is 25.3 Å². The average Bonchev–Trinajstić information content (AvgIpc) is 3.04. The quantitative estimate of drug-likeness (QED) is 0.770. The van der Waals surface area contributed by atoms with E-state index in [1.807, 2.05) is 25.1 Å². The third-order valence-electron chi connectivity index (χ3n) is 3.69. The number of nitrogens with one attached hydrogen (secondary N) is 1. The van der Waals surface area contributed by atoms with Crippen molar-refractivity contribution in [1.29, 1.82) is 5.26 Å². The average molecular weight is 339 g/mol. The van der Waals surface area contributed by atoms with Crippen LogP contribution in [0.2, 0.25) is 0 Å². The van der Waals surface area contributed by atoms with Crippen molar-refractivity contribution in [3.05, 3.63) is 42.0 Å². The highest BCUT2D eigenvalue weighted by atomic mass is 32.2. The number of aromatic nitrogens is 2. The molecule has 6 heteroatoms. The number of aromatic amines is 1. The van der Waals surface area contributed by atoms with Crippen molar-refractivity contribution in [3.8, 4) is 23.2 Å². The Morgan fingerprint density at radius 1 is 1.29 bits per heavy atom. The Balaban J connectivity index is 2.05. The van der Waals surface area contributed by atoms with E-state index >= 15 is 0 Å². The van der Waals surface area contributed by atoms with Crippen LogP contribution in [0.25, 0.3) is 22.4 Å². The number of nitriles is 1. The van der Waals surface area contributed by atoms with E-state index in [4.69, 9.17) is 10.00 Å². The highest BCUT2D eigenvalue weighted by Crippen LogP contribution is 2.31. The summed E-state index contributed by atoms with van der Waals surface area (Å²) in [5.41, 5.74) is 2.95. The summed E-state index contributed by atoms with van der Waals surface area (Å²) in [6.45, 7) is 2.01. The standard InChI is InChI=1S/C18H17N3O2S/c1-3-8-24(22)13-5-6-14(17(10-13)23-2)18-20-15-7-4-12(11-19)9-16(15)21-18/h4-7,9-10H,3,8H2,1-2H3,(H,20,21). The molecule has 0 amide bonds. The summed E-state index contributed by atoms with van der Waals surface area (Å²) in [7, 11) is 0.559. The molecule has 1 atom stereocenters. The number of imidazole rings is 1. The molecule has 0 aliphatic heterocycles. The predicted molar refractivity (Wildman–Crippen MR) is 94.4 cm³/mol. The van der Waals surface area contributed by atoms with Crippen molar-refractivity contribution in [2.24, 2.45) is 0 Å². The zero-order valence-corrected chi connectivity index (χ0v) is 14.3. The Labute approximate surface area is 142 Å². The maximum atomic E-state index is 12.2. The second-order valence-electron chi connectivity index (χ2n) is 5.34. The summed E-state index contributed by atoms with van der Waals surface area (Å²) < 4.78 is 17.6. The Morgan fingerprint density at radius 2 is 2.12 bits per heavy atom. The molecule has 122 valence electrons. The summed E-state index contributed by atoms with van der Waals surface area (Å²) in [6.07, 6.45) is 0.863. The molecule has 0 saturated heterocycles. The van der Waals surface area contributed by atoms with Gasteiger partial charge in [-0.3, -0.25) is 4.21 Å². The second-order valence-corrected chi connectivity index (χ2v) is 6.91. The molecule has 0 aliphatic carbocycles. The minimum atomic E-state index is -1.03. The van der Waals surface area contributed by atoms with E-state index in [9.17, 15) is 4.21 Å². The molecule has 1 aromatic heterocycles. The van der Waals surface area contributed by atoms with Gasteiger partial charge in [-0.05, 0) is 42.8 Å². The van der Waals surface area contributed by atoms with Gasteiger partial charge >= 0.3 is 0 Å².